The molecule has 0 N–H and O–H groups in total. The summed E-state index contributed by atoms with van der Waals surface area (Å²) in [6.07, 6.45) is 0. The van der Waals surface area contributed by atoms with Crippen LogP contribution in [0.25, 0.3) is 22.3 Å². The predicted molar refractivity (Wildman–Crippen MR) is 236 cm³/mol. The van der Waals surface area contributed by atoms with Crippen LogP contribution < -0.4 is 14.4 Å². The van der Waals surface area contributed by atoms with Gasteiger partial charge in [0.05, 0.1) is 16.5 Å². The zero-order valence-electron chi connectivity index (χ0n) is 32.0. The molecule has 2 spiro atoms. The third-order valence-corrected chi connectivity index (χ3v) is 13.2. The fraction of sp³-hybridized carbons (Fsp3) is 0.0357. The molecule has 276 valence electrons. The van der Waals surface area contributed by atoms with E-state index >= 15 is 0 Å². The second-order valence-electron chi connectivity index (χ2n) is 15.9. The molecule has 0 saturated heterocycles. The normalized spacial score (nSPS) is 14.6. The Balaban J connectivity index is 1.09. The van der Waals surface area contributed by atoms with Crippen LogP contribution >= 0.6 is 0 Å². The molecule has 0 amide bonds. The molecule has 0 saturated carbocycles. The summed E-state index contributed by atoms with van der Waals surface area (Å²) in [6, 6.07) is 77.0. The zero-order valence-corrected chi connectivity index (χ0v) is 32.0. The second kappa shape index (κ2) is 12.0. The maximum absolute atomic E-state index is 6.66. The van der Waals surface area contributed by atoms with Crippen molar-refractivity contribution in [3.63, 3.8) is 0 Å². The van der Waals surface area contributed by atoms with E-state index in [1.165, 1.54) is 44.5 Å². The lowest BCUT2D eigenvalue weighted by Crippen LogP contribution is -2.32. The zero-order chi connectivity index (χ0) is 38.7. The van der Waals surface area contributed by atoms with Crippen LogP contribution in [0.15, 0.2) is 212 Å². The summed E-state index contributed by atoms with van der Waals surface area (Å²) in [5, 5.41) is 0. The average Bonchev–Trinajstić information content (AvgIpc) is 3.76. The maximum Gasteiger partial charge on any atom is 0.132 e. The first-order valence-corrected chi connectivity index (χ1v) is 20.3. The van der Waals surface area contributed by atoms with E-state index < -0.39 is 10.8 Å². The lowest BCUT2D eigenvalue weighted by atomic mass is 9.66. The molecule has 0 unspecified atom stereocenters. The van der Waals surface area contributed by atoms with Crippen molar-refractivity contribution in [3.05, 3.63) is 257 Å². The molecular weight excluding hydrogens is 719 g/mol. The summed E-state index contributed by atoms with van der Waals surface area (Å²) in [7, 11) is 0. The van der Waals surface area contributed by atoms with Crippen molar-refractivity contribution in [1.82, 2.24) is 0 Å². The lowest BCUT2D eigenvalue weighted by molar-refractivity contribution is 0.436. The first-order valence-electron chi connectivity index (χ1n) is 20.3. The van der Waals surface area contributed by atoms with Gasteiger partial charge in [-0.2, -0.15) is 0 Å². The molecule has 0 radical (unpaired) electrons. The van der Waals surface area contributed by atoms with E-state index in [9.17, 15) is 0 Å². The van der Waals surface area contributed by atoms with Gasteiger partial charge in [-0.25, -0.2) is 0 Å². The average molecular weight is 754 g/mol. The van der Waals surface area contributed by atoms with Crippen molar-refractivity contribution in [2.45, 2.75) is 10.8 Å². The van der Waals surface area contributed by atoms with E-state index in [1.807, 2.05) is 0 Å². The number of anilines is 3. The van der Waals surface area contributed by atoms with E-state index in [0.29, 0.717) is 0 Å². The summed E-state index contributed by atoms with van der Waals surface area (Å²) in [4.78, 5) is 2.46. The fourth-order valence-corrected chi connectivity index (χ4v) is 11.1. The largest absolute Gasteiger partial charge is 0.457 e. The Bertz CT molecular complexity index is 3110. The number of nitrogens with zero attached hydrogens (tertiary/aromatic N) is 1. The van der Waals surface area contributed by atoms with Crippen LogP contribution in [-0.4, -0.2) is 0 Å². The maximum atomic E-state index is 6.66. The molecule has 0 fully saturated rings. The van der Waals surface area contributed by atoms with Gasteiger partial charge in [0.25, 0.3) is 0 Å². The van der Waals surface area contributed by atoms with E-state index in [0.717, 1.165) is 62.3 Å². The molecular formula is C56H35NO2. The Kier molecular flexibility index (Phi) is 6.58. The summed E-state index contributed by atoms with van der Waals surface area (Å²) in [5.74, 6) is 3.57. The minimum atomic E-state index is -0.567. The number of hydrogen-bond donors (Lipinski definition) is 0. The molecule has 4 aliphatic rings. The van der Waals surface area contributed by atoms with Gasteiger partial charge in [-0.3, -0.25) is 0 Å². The topological polar surface area (TPSA) is 21.7 Å². The summed E-state index contributed by atoms with van der Waals surface area (Å²) in [6.45, 7) is 0. The second-order valence-corrected chi connectivity index (χ2v) is 15.9. The van der Waals surface area contributed by atoms with Crippen LogP contribution in [0.4, 0.5) is 17.1 Å². The molecule has 2 aliphatic heterocycles. The molecule has 3 heteroatoms. The molecule has 59 heavy (non-hydrogen) atoms. The molecule has 9 aromatic carbocycles. The number of hydrogen-bond acceptors (Lipinski definition) is 3. The van der Waals surface area contributed by atoms with Gasteiger partial charge in [-0.15, -0.1) is 0 Å². The number of para-hydroxylation sites is 5. The molecule has 2 heterocycles. The van der Waals surface area contributed by atoms with Crippen molar-refractivity contribution in [2.24, 2.45) is 0 Å². The van der Waals surface area contributed by atoms with Crippen LogP contribution in [0.2, 0.25) is 0 Å². The number of fused-ring (bicyclic) bond motifs is 18. The summed E-state index contributed by atoms with van der Waals surface area (Å²) < 4.78 is 13.3. The van der Waals surface area contributed by atoms with Crippen molar-refractivity contribution in [3.8, 4) is 45.3 Å². The Labute approximate surface area is 343 Å². The van der Waals surface area contributed by atoms with Crippen molar-refractivity contribution in [1.29, 1.82) is 0 Å². The molecule has 0 atom stereocenters. The molecule has 0 bridgehead atoms. The van der Waals surface area contributed by atoms with E-state index in [2.05, 4.69) is 217 Å². The molecule has 3 nitrogen and oxygen atoms in total. The summed E-state index contributed by atoms with van der Waals surface area (Å²) >= 11 is 0. The highest BCUT2D eigenvalue weighted by molar-refractivity contribution is 5.99. The van der Waals surface area contributed by atoms with Crippen LogP contribution in [0, 0.1) is 0 Å². The number of benzene rings is 9. The summed E-state index contributed by atoms with van der Waals surface area (Å²) in [5.41, 5.74) is 16.8. The van der Waals surface area contributed by atoms with Gasteiger partial charge in [0.15, 0.2) is 0 Å². The van der Waals surface area contributed by atoms with Gasteiger partial charge in [0.2, 0.25) is 0 Å². The van der Waals surface area contributed by atoms with Crippen LogP contribution in [0.1, 0.15) is 44.5 Å². The fourth-order valence-electron chi connectivity index (χ4n) is 11.1. The first kappa shape index (κ1) is 32.5. The highest BCUT2D eigenvalue weighted by Gasteiger charge is 2.53. The lowest BCUT2D eigenvalue weighted by Gasteiger charge is -2.39. The molecule has 9 aromatic rings. The van der Waals surface area contributed by atoms with Crippen molar-refractivity contribution < 1.29 is 9.47 Å². The quantitative estimate of drug-likeness (QED) is 0.179. The van der Waals surface area contributed by atoms with Gasteiger partial charge in [0.1, 0.15) is 23.0 Å². The van der Waals surface area contributed by atoms with Crippen molar-refractivity contribution in [2.75, 3.05) is 4.90 Å². The SMILES string of the molecule is c1ccc(N(c2ccc3c(c2)-c2ccccc2C32c3ccccc3Oc3ccccc32)c2cccc3c2-c2ccccc2C32c3ccccc3Oc3ccccc32)cc1. The molecule has 0 aromatic heterocycles. The third-order valence-electron chi connectivity index (χ3n) is 13.2. The van der Waals surface area contributed by atoms with Gasteiger partial charge < -0.3 is 14.4 Å². The van der Waals surface area contributed by atoms with Gasteiger partial charge in [0, 0.05) is 39.2 Å². The van der Waals surface area contributed by atoms with Crippen LogP contribution in [0.5, 0.6) is 23.0 Å². The number of ether oxygens (including phenoxy) is 2. The van der Waals surface area contributed by atoms with Crippen LogP contribution in [-0.2, 0) is 10.8 Å². The van der Waals surface area contributed by atoms with Crippen LogP contribution in [0.3, 0.4) is 0 Å². The van der Waals surface area contributed by atoms with Crippen molar-refractivity contribution >= 4 is 17.1 Å². The minimum Gasteiger partial charge on any atom is -0.457 e. The monoisotopic (exact) mass is 753 g/mol. The first-order chi connectivity index (χ1) is 29.3. The Morgan fingerprint density at radius 3 is 1.29 bits per heavy atom. The standard InChI is InChI=1S/C56H35NO2/c1-2-17-36(18-3-1)57(37-33-34-43-40(35-37)38-19-4-6-21-41(38)55(43)44-23-8-12-29-50(44)58-51-30-13-9-24-45(51)55)49-28-16-27-48-54(49)39-20-5-7-22-42(39)56(48)46-25-10-14-31-52(46)59-53-32-15-11-26-47(53)56/h1-35H. The van der Waals surface area contributed by atoms with E-state index in [1.54, 1.807) is 0 Å². The highest BCUT2D eigenvalue weighted by atomic mass is 16.5. The minimum absolute atomic E-state index is 0.531. The Morgan fingerprint density at radius 2 is 0.712 bits per heavy atom. The highest BCUT2D eigenvalue weighted by Crippen LogP contribution is 2.65. The Hall–Kier alpha value is -7.62. The third kappa shape index (κ3) is 4.11. The molecule has 13 rings (SSSR count). The van der Waals surface area contributed by atoms with Gasteiger partial charge >= 0.3 is 0 Å². The van der Waals surface area contributed by atoms with E-state index in [4.69, 9.17) is 9.47 Å². The Morgan fingerprint density at radius 1 is 0.288 bits per heavy atom. The van der Waals surface area contributed by atoms with Gasteiger partial charge in [-0.1, -0.05) is 158 Å². The smallest absolute Gasteiger partial charge is 0.132 e. The van der Waals surface area contributed by atoms with E-state index in [-0.39, 0.29) is 0 Å². The predicted octanol–water partition coefficient (Wildman–Crippen LogP) is 14.1. The van der Waals surface area contributed by atoms with Gasteiger partial charge in [-0.05, 0) is 93.5 Å². The molecule has 2 aliphatic carbocycles. The number of rotatable bonds is 3.